The number of ether oxygens (including phenoxy) is 1. The van der Waals surface area contributed by atoms with Crippen LogP contribution < -0.4 is 5.32 Å². The monoisotopic (exact) mass is 275 g/mol. The fourth-order valence-corrected chi connectivity index (χ4v) is 2.26. The van der Waals surface area contributed by atoms with Gasteiger partial charge in [-0.05, 0) is 50.8 Å². The molecule has 0 bridgehead atoms. The van der Waals surface area contributed by atoms with Crippen molar-refractivity contribution in [2.45, 2.75) is 45.6 Å². The minimum Gasteiger partial charge on any atom is -0.444 e. The quantitative estimate of drug-likeness (QED) is 0.922. The number of hydrogen-bond acceptors (Lipinski definition) is 3. The molecule has 0 saturated carbocycles. The summed E-state index contributed by atoms with van der Waals surface area (Å²) >= 11 is 0. The summed E-state index contributed by atoms with van der Waals surface area (Å²) in [5.41, 5.74) is 2.57. The molecule has 1 aliphatic carbocycles. The van der Waals surface area contributed by atoms with Gasteiger partial charge in [-0.3, -0.25) is 4.79 Å². The zero-order valence-electron chi connectivity index (χ0n) is 12.3. The summed E-state index contributed by atoms with van der Waals surface area (Å²) < 4.78 is 5.16. The molecule has 0 atom stereocenters. The second-order valence-corrected chi connectivity index (χ2v) is 6.09. The summed E-state index contributed by atoms with van der Waals surface area (Å²) in [4.78, 5) is 23.2. The third-order valence-corrected chi connectivity index (χ3v) is 3.18. The maximum absolute atomic E-state index is 11.7. The third kappa shape index (κ3) is 3.83. The highest BCUT2D eigenvalue weighted by atomic mass is 16.6. The van der Waals surface area contributed by atoms with Crippen LogP contribution in [0.25, 0.3) is 0 Å². The molecule has 20 heavy (non-hydrogen) atoms. The number of hydrogen-bond donors (Lipinski definition) is 1. The molecule has 1 amide bonds. The van der Waals surface area contributed by atoms with E-state index in [4.69, 9.17) is 4.74 Å². The Balaban J connectivity index is 1.85. The summed E-state index contributed by atoms with van der Waals surface area (Å²) in [5.74, 6) is 0.224. The van der Waals surface area contributed by atoms with Crippen molar-refractivity contribution >= 4 is 11.9 Å². The average molecular weight is 275 g/mol. The van der Waals surface area contributed by atoms with Crippen molar-refractivity contribution in [3.8, 4) is 0 Å². The van der Waals surface area contributed by atoms with Gasteiger partial charge in [-0.2, -0.15) is 0 Å². The van der Waals surface area contributed by atoms with E-state index in [9.17, 15) is 9.59 Å². The first-order valence-electron chi connectivity index (χ1n) is 6.97. The fraction of sp³-hybridized carbons (Fsp3) is 0.500. The Hall–Kier alpha value is -1.84. The van der Waals surface area contributed by atoms with E-state index in [0.29, 0.717) is 19.4 Å². The second kappa shape index (κ2) is 5.65. The number of benzene rings is 1. The molecule has 4 heteroatoms. The maximum atomic E-state index is 11.7. The van der Waals surface area contributed by atoms with E-state index in [1.165, 1.54) is 0 Å². The lowest BCUT2D eigenvalue weighted by Gasteiger charge is -2.19. The van der Waals surface area contributed by atoms with Gasteiger partial charge in [0.25, 0.3) is 0 Å². The molecule has 0 saturated heterocycles. The first-order valence-corrected chi connectivity index (χ1v) is 6.97. The van der Waals surface area contributed by atoms with Gasteiger partial charge in [-0.1, -0.05) is 12.1 Å². The highest BCUT2D eigenvalue weighted by Crippen LogP contribution is 2.23. The van der Waals surface area contributed by atoms with Crippen LogP contribution in [0.15, 0.2) is 18.2 Å². The molecule has 0 spiro atoms. The number of alkyl carbamates (subject to hydrolysis) is 1. The first kappa shape index (κ1) is 14.6. The maximum Gasteiger partial charge on any atom is 0.407 e. The van der Waals surface area contributed by atoms with Gasteiger partial charge in [-0.15, -0.1) is 0 Å². The van der Waals surface area contributed by atoms with Crippen LogP contribution in [0, 0.1) is 0 Å². The molecule has 0 radical (unpaired) electrons. The second-order valence-electron chi connectivity index (χ2n) is 6.09. The van der Waals surface area contributed by atoms with Gasteiger partial charge in [0.1, 0.15) is 5.60 Å². The molecular weight excluding hydrogens is 254 g/mol. The van der Waals surface area contributed by atoms with E-state index in [1.807, 2.05) is 39.0 Å². The lowest BCUT2D eigenvalue weighted by atomic mass is 10.0. The Morgan fingerprint density at radius 2 is 2.05 bits per heavy atom. The highest BCUT2D eigenvalue weighted by molar-refractivity contribution is 6.00. The van der Waals surface area contributed by atoms with E-state index < -0.39 is 11.7 Å². The summed E-state index contributed by atoms with van der Waals surface area (Å²) in [6, 6.07) is 5.98. The molecule has 0 unspecified atom stereocenters. The smallest absolute Gasteiger partial charge is 0.407 e. The van der Waals surface area contributed by atoms with Gasteiger partial charge in [0, 0.05) is 18.5 Å². The largest absolute Gasteiger partial charge is 0.444 e. The van der Waals surface area contributed by atoms with Gasteiger partial charge in [-0.25, -0.2) is 4.79 Å². The molecule has 108 valence electrons. The molecule has 4 nitrogen and oxygen atoms in total. The highest BCUT2D eigenvalue weighted by Gasteiger charge is 2.19. The predicted molar refractivity (Wildman–Crippen MR) is 77.0 cm³/mol. The van der Waals surface area contributed by atoms with Gasteiger partial charge < -0.3 is 10.1 Å². The number of amides is 1. The Labute approximate surface area is 119 Å². The minimum atomic E-state index is -0.482. The zero-order valence-corrected chi connectivity index (χ0v) is 12.3. The Bertz CT molecular complexity index is 529. The van der Waals surface area contributed by atoms with Gasteiger partial charge >= 0.3 is 6.09 Å². The van der Waals surface area contributed by atoms with Crippen molar-refractivity contribution in [1.29, 1.82) is 0 Å². The van der Waals surface area contributed by atoms with Crippen LogP contribution in [-0.2, 0) is 17.6 Å². The number of ketones is 1. The van der Waals surface area contributed by atoms with Crippen LogP contribution in [0.3, 0.4) is 0 Å². The molecule has 2 rings (SSSR count). The average Bonchev–Trinajstić information content (AvgIpc) is 2.69. The fourth-order valence-electron chi connectivity index (χ4n) is 2.26. The van der Waals surface area contributed by atoms with E-state index >= 15 is 0 Å². The summed E-state index contributed by atoms with van der Waals surface area (Å²) in [5, 5.41) is 2.72. The van der Waals surface area contributed by atoms with Crippen LogP contribution >= 0.6 is 0 Å². The summed E-state index contributed by atoms with van der Waals surface area (Å²) in [6.45, 7) is 6.00. The normalized spacial score (nSPS) is 14.1. The number of aryl methyl sites for hydroxylation is 1. The molecule has 1 aliphatic rings. The third-order valence-electron chi connectivity index (χ3n) is 3.18. The Morgan fingerprint density at radius 1 is 1.30 bits per heavy atom. The van der Waals surface area contributed by atoms with Crippen molar-refractivity contribution in [2.24, 2.45) is 0 Å². The molecule has 0 aliphatic heterocycles. The van der Waals surface area contributed by atoms with Crippen LogP contribution in [0.5, 0.6) is 0 Å². The van der Waals surface area contributed by atoms with Gasteiger partial charge in [0.05, 0.1) is 0 Å². The van der Waals surface area contributed by atoms with E-state index in [2.05, 4.69) is 5.32 Å². The minimum absolute atomic E-state index is 0.224. The molecule has 0 heterocycles. The van der Waals surface area contributed by atoms with Crippen molar-refractivity contribution in [3.05, 3.63) is 34.9 Å². The lowest BCUT2D eigenvalue weighted by molar-refractivity contribution is 0.0528. The van der Waals surface area contributed by atoms with Crippen molar-refractivity contribution < 1.29 is 14.3 Å². The van der Waals surface area contributed by atoms with E-state index in [-0.39, 0.29) is 5.78 Å². The molecule has 1 aromatic carbocycles. The van der Waals surface area contributed by atoms with Crippen LogP contribution in [0.2, 0.25) is 0 Å². The van der Waals surface area contributed by atoms with Crippen LogP contribution in [0.4, 0.5) is 4.79 Å². The van der Waals surface area contributed by atoms with Crippen LogP contribution in [0.1, 0.15) is 48.7 Å². The topological polar surface area (TPSA) is 55.4 Å². The number of rotatable bonds is 3. The van der Waals surface area contributed by atoms with Gasteiger partial charge in [0.15, 0.2) is 5.78 Å². The Morgan fingerprint density at radius 3 is 2.75 bits per heavy atom. The summed E-state index contributed by atoms with van der Waals surface area (Å²) in [6.07, 6.45) is 1.76. The van der Waals surface area contributed by atoms with Crippen LogP contribution in [-0.4, -0.2) is 24.0 Å². The number of Topliss-reactive ketones (excluding diaryl/α,β-unsaturated/α-hetero) is 1. The van der Waals surface area contributed by atoms with Gasteiger partial charge in [0.2, 0.25) is 0 Å². The van der Waals surface area contributed by atoms with Crippen molar-refractivity contribution in [3.63, 3.8) is 0 Å². The SMILES string of the molecule is CC(C)(C)OC(=O)NCCc1ccc2c(c1)C(=O)CC2. The predicted octanol–water partition coefficient (Wildman–Crippen LogP) is 2.88. The van der Waals surface area contributed by atoms with Crippen molar-refractivity contribution in [2.75, 3.05) is 6.54 Å². The lowest BCUT2D eigenvalue weighted by Crippen LogP contribution is -2.33. The Kier molecular flexibility index (Phi) is 4.12. The standard InChI is InChI=1S/C16H21NO3/c1-16(2,3)20-15(19)17-9-8-11-4-5-12-6-7-14(18)13(12)10-11/h4-5,10H,6-9H2,1-3H3,(H,17,19). The van der Waals surface area contributed by atoms with Crippen molar-refractivity contribution in [1.82, 2.24) is 5.32 Å². The molecule has 0 aromatic heterocycles. The molecule has 1 N–H and O–H groups in total. The molecule has 0 fully saturated rings. The number of carbonyl (C=O) groups excluding carboxylic acids is 2. The van der Waals surface area contributed by atoms with E-state index in [1.54, 1.807) is 0 Å². The number of carbonyl (C=O) groups is 2. The molecular formula is C16H21NO3. The molecule has 1 aromatic rings. The number of nitrogens with one attached hydrogen (secondary N) is 1. The first-order chi connectivity index (χ1) is 9.35. The zero-order chi connectivity index (χ0) is 14.8. The number of fused-ring (bicyclic) bond motifs is 1. The van der Waals surface area contributed by atoms with E-state index in [0.717, 1.165) is 23.1 Å². The summed E-state index contributed by atoms with van der Waals surface area (Å²) in [7, 11) is 0.